The number of amides is 1. The highest BCUT2D eigenvalue weighted by Gasteiger charge is 2.32. The summed E-state index contributed by atoms with van der Waals surface area (Å²) >= 11 is 1.51. The fraction of sp³-hybridized carbons (Fsp3) is 0.227. The molecule has 5 rings (SSSR count). The zero-order valence-corrected chi connectivity index (χ0v) is 16.8. The lowest BCUT2D eigenvalue weighted by Crippen LogP contribution is -2.31. The van der Waals surface area contributed by atoms with Gasteiger partial charge in [-0.25, -0.2) is 4.98 Å². The molecule has 0 aliphatic carbocycles. The van der Waals surface area contributed by atoms with E-state index in [1.54, 1.807) is 13.3 Å². The van der Waals surface area contributed by atoms with Crippen LogP contribution in [0.3, 0.4) is 0 Å². The van der Waals surface area contributed by atoms with Crippen LogP contribution in [0.5, 0.6) is 5.75 Å². The van der Waals surface area contributed by atoms with Gasteiger partial charge in [-0.05, 0) is 65.9 Å². The SMILES string of the molecule is COc1ccc(/C=N/Nc2nc(-c3cc4c5c(c3)CC(=O)N5CCC4)cs2)cc1. The van der Waals surface area contributed by atoms with Gasteiger partial charge < -0.3 is 9.64 Å². The van der Waals surface area contributed by atoms with Gasteiger partial charge in [0.1, 0.15) is 5.75 Å². The highest BCUT2D eigenvalue weighted by molar-refractivity contribution is 7.14. The number of methoxy groups -OCH3 is 1. The molecule has 0 fully saturated rings. The summed E-state index contributed by atoms with van der Waals surface area (Å²) in [6, 6.07) is 12.0. The van der Waals surface area contributed by atoms with E-state index >= 15 is 0 Å². The minimum Gasteiger partial charge on any atom is -0.497 e. The number of carbonyl (C=O) groups excluding carboxylic acids is 1. The number of aromatic nitrogens is 1. The highest BCUT2D eigenvalue weighted by atomic mass is 32.1. The number of carbonyl (C=O) groups is 1. The smallest absolute Gasteiger partial charge is 0.231 e. The summed E-state index contributed by atoms with van der Waals surface area (Å²) < 4.78 is 5.16. The second-order valence-corrected chi connectivity index (χ2v) is 8.01. The average molecular weight is 404 g/mol. The summed E-state index contributed by atoms with van der Waals surface area (Å²) in [4.78, 5) is 18.9. The molecule has 3 aromatic rings. The minimum absolute atomic E-state index is 0.214. The van der Waals surface area contributed by atoms with E-state index < -0.39 is 0 Å². The number of aryl methyl sites for hydroxylation is 1. The van der Waals surface area contributed by atoms with E-state index in [-0.39, 0.29) is 5.91 Å². The summed E-state index contributed by atoms with van der Waals surface area (Å²) in [7, 11) is 1.65. The van der Waals surface area contributed by atoms with E-state index in [2.05, 4.69) is 27.6 Å². The van der Waals surface area contributed by atoms with Gasteiger partial charge >= 0.3 is 0 Å². The van der Waals surface area contributed by atoms with Crippen LogP contribution in [0.25, 0.3) is 11.3 Å². The highest BCUT2D eigenvalue weighted by Crippen LogP contribution is 2.40. The van der Waals surface area contributed by atoms with Crippen molar-refractivity contribution in [3.05, 3.63) is 58.5 Å². The first-order valence-corrected chi connectivity index (χ1v) is 10.4. The Morgan fingerprint density at radius 2 is 2.07 bits per heavy atom. The molecule has 29 heavy (non-hydrogen) atoms. The van der Waals surface area contributed by atoms with Crippen molar-refractivity contribution in [1.82, 2.24) is 4.98 Å². The Morgan fingerprint density at radius 1 is 1.24 bits per heavy atom. The zero-order valence-electron chi connectivity index (χ0n) is 16.0. The Kier molecular flexibility index (Phi) is 4.52. The van der Waals surface area contributed by atoms with Crippen LogP contribution < -0.4 is 15.1 Å². The molecular weight excluding hydrogens is 384 g/mol. The van der Waals surface area contributed by atoms with Crippen molar-refractivity contribution in [3.63, 3.8) is 0 Å². The minimum atomic E-state index is 0.214. The number of hydrazone groups is 1. The maximum absolute atomic E-state index is 12.3. The molecule has 0 unspecified atom stereocenters. The molecule has 0 radical (unpaired) electrons. The fourth-order valence-corrected chi connectivity index (χ4v) is 4.61. The number of hydrogen-bond donors (Lipinski definition) is 1. The monoisotopic (exact) mass is 404 g/mol. The first-order valence-electron chi connectivity index (χ1n) is 9.56. The van der Waals surface area contributed by atoms with Gasteiger partial charge in [-0.15, -0.1) is 11.3 Å². The van der Waals surface area contributed by atoms with Crippen LogP contribution in [0, 0.1) is 0 Å². The van der Waals surface area contributed by atoms with Crippen molar-refractivity contribution in [1.29, 1.82) is 0 Å². The Morgan fingerprint density at radius 3 is 2.90 bits per heavy atom. The lowest BCUT2D eigenvalue weighted by atomic mass is 9.96. The second kappa shape index (κ2) is 7.33. The Hall–Kier alpha value is -3.19. The lowest BCUT2D eigenvalue weighted by molar-refractivity contribution is -0.117. The molecule has 3 heterocycles. The average Bonchev–Trinajstić information content (AvgIpc) is 3.34. The molecule has 0 bridgehead atoms. The molecule has 2 aliphatic heterocycles. The first kappa shape index (κ1) is 17.9. The molecule has 2 aliphatic rings. The summed E-state index contributed by atoms with van der Waals surface area (Å²) in [5, 5.41) is 7.03. The largest absolute Gasteiger partial charge is 0.497 e. The van der Waals surface area contributed by atoms with Crippen molar-refractivity contribution < 1.29 is 9.53 Å². The van der Waals surface area contributed by atoms with Gasteiger partial charge in [-0.3, -0.25) is 10.2 Å². The second-order valence-electron chi connectivity index (χ2n) is 7.15. The summed E-state index contributed by atoms with van der Waals surface area (Å²) in [6.45, 7) is 0.842. The standard InChI is InChI=1S/C22H20N4O2S/c1-28-18-6-4-14(5-7-18)12-23-25-22-24-19(13-29-22)16-9-15-3-2-8-26-20(27)11-17(10-16)21(15)26/h4-7,9-10,12-13H,2-3,8,11H2,1H3,(H,24,25)/b23-12+. The number of ether oxygens (including phenoxy) is 1. The van der Waals surface area contributed by atoms with Gasteiger partial charge in [0, 0.05) is 17.5 Å². The van der Waals surface area contributed by atoms with Crippen LogP contribution in [0.4, 0.5) is 10.8 Å². The molecule has 1 aromatic heterocycles. The molecule has 7 heteroatoms. The maximum atomic E-state index is 12.3. The van der Waals surface area contributed by atoms with Crippen LogP contribution in [-0.4, -0.2) is 30.8 Å². The van der Waals surface area contributed by atoms with E-state index in [1.165, 1.54) is 16.9 Å². The van der Waals surface area contributed by atoms with Gasteiger partial charge in [0.05, 0.1) is 31.1 Å². The van der Waals surface area contributed by atoms with Crippen LogP contribution in [0.2, 0.25) is 0 Å². The van der Waals surface area contributed by atoms with Crippen LogP contribution in [-0.2, 0) is 17.6 Å². The van der Waals surface area contributed by atoms with Gasteiger partial charge in [-0.1, -0.05) is 0 Å². The Bertz CT molecular complexity index is 1100. The maximum Gasteiger partial charge on any atom is 0.231 e. The summed E-state index contributed by atoms with van der Waals surface area (Å²) in [5.74, 6) is 1.03. The molecule has 146 valence electrons. The number of nitrogens with zero attached hydrogens (tertiary/aromatic N) is 3. The van der Waals surface area contributed by atoms with Crippen molar-refractivity contribution in [2.24, 2.45) is 5.10 Å². The van der Waals surface area contributed by atoms with Crippen molar-refractivity contribution in [2.75, 3.05) is 24.0 Å². The van der Waals surface area contributed by atoms with Crippen molar-refractivity contribution >= 4 is 34.3 Å². The molecule has 0 atom stereocenters. The normalized spacial score (nSPS) is 15.1. The van der Waals surface area contributed by atoms with E-state index in [0.717, 1.165) is 58.3 Å². The number of benzene rings is 2. The number of hydrogen-bond acceptors (Lipinski definition) is 6. The van der Waals surface area contributed by atoms with E-state index in [0.29, 0.717) is 6.42 Å². The number of thiazole rings is 1. The predicted molar refractivity (Wildman–Crippen MR) is 116 cm³/mol. The van der Waals surface area contributed by atoms with Gasteiger partial charge in [0.2, 0.25) is 11.0 Å². The number of anilines is 2. The number of nitrogens with one attached hydrogen (secondary N) is 1. The molecular formula is C22H20N4O2S. The quantitative estimate of drug-likeness (QED) is 0.514. The molecule has 2 aromatic carbocycles. The summed E-state index contributed by atoms with van der Waals surface area (Å²) in [5.41, 5.74) is 9.48. The molecule has 6 nitrogen and oxygen atoms in total. The van der Waals surface area contributed by atoms with Gasteiger partial charge in [-0.2, -0.15) is 5.10 Å². The van der Waals surface area contributed by atoms with Crippen LogP contribution in [0.1, 0.15) is 23.1 Å². The van der Waals surface area contributed by atoms with Crippen molar-refractivity contribution in [3.8, 4) is 17.0 Å². The topological polar surface area (TPSA) is 66.8 Å². The lowest BCUT2D eigenvalue weighted by Gasteiger charge is -2.25. The van der Waals surface area contributed by atoms with Gasteiger partial charge in [0.15, 0.2) is 0 Å². The molecule has 0 spiro atoms. The van der Waals surface area contributed by atoms with Gasteiger partial charge in [0.25, 0.3) is 0 Å². The fourth-order valence-electron chi connectivity index (χ4n) is 3.94. The van der Waals surface area contributed by atoms with E-state index in [4.69, 9.17) is 4.74 Å². The first-order chi connectivity index (χ1) is 14.2. The van der Waals surface area contributed by atoms with Crippen LogP contribution >= 0.6 is 11.3 Å². The molecule has 1 N–H and O–H groups in total. The van der Waals surface area contributed by atoms with Crippen molar-refractivity contribution in [2.45, 2.75) is 19.3 Å². The van der Waals surface area contributed by atoms with E-state index in [9.17, 15) is 4.79 Å². The third kappa shape index (κ3) is 3.38. The van der Waals surface area contributed by atoms with E-state index in [1.807, 2.05) is 34.5 Å². The third-order valence-corrected chi connectivity index (χ3v) is 6.04. The molecule has 0 saturated heterocycles. The molecule has 0 saturated carbocycles. The Balaban J connectivity index is 1.33. The predicted octanol–water partition coefficient (Wildman–Crippen LogP) is 4.10. The van der Waals surface area contributed by atoms with Crippen LogP contribution in [0.15, 0.2) is 46.9 Å². The number of rotatable bonds is 5. The third-order valence-electron chi connectivity index (χ3n) is 5.30. The zero-order chi connectivity index (χ0) is 19.8. The summed E-state index contributed by atoms with van der Waals surface area (Å²) in [6.07, 6.45) is 4.28. The Labute approximate surface area is 172 Å². The molecule has 1 amide bonds.